The number of hydrogen-bond acceptors (Lipinski definition) is 4. The molecule has 0 fully saturated rings. The lowest BCUT2D eigenvalue weighted by atomic mass is 10.0. The lowest BCUT2D eigenvalue weighted by Crippen LogP contribution is -2.26. The molecule has 2 aromatic rings. The van der Waals surface area contributed by atoms with Gasteiger partial charge in [0.2, 0.25) is 0 Å². The lowest BCUT2D eigenvalue weighted by molar-refractivity contribution is 0.265. The highest BCUT2D eigenvalue weighted by molar-refractivity contribution is 9.11. The summed E-state index contributed by atoms with van der Waals surface area (Å²) < 4.78 is 1.30. The highest BCUT2D eigenvalue weighted by Gasteiger charge is 2.16. The largest absolute Gasteiger partial charge is 0.508 e. The smallest absolute Gasteiger partial charge is 0.143 e. The fourth-order valence-corrected chi connectivity index (χ4v) is 3.80. The number of halogens is 2. The average molecular weight is 440 g/mol. The summed E-state index contributed by atoms with van der Waals surface area (Å²) in [6, 6.07) is 11.0. The van der Waals surface area contributed by atoms with E-state index in [0.29, 0.717) is 15.5 Å². The number of benzene rings is 2. The third-order valence-corrected chi connectivity index (χ3v) is 4.93. The number of hydrazone groups is 1. The third-order valence-electron chi connectivity index (χ3n) is 3.72. The molecular formula is C17H16Br2N2O2. The first-order valence-electron chi connectivity index (χ1n) is 7.31. The van der Waals surface area contributed by atoms with E-state index < -0.39 is 0 Å². The highest BCUT2D eigenvalue weighted by atomic mass is 79.9. The molecule has 0 radical (unpaired) electrons. The number of hydrogen-bond donors (Lipinski definition) is 2. The zero-order chi connectivity index (χ0) is 16.4. The van der Waals surface area contributed by atoms with Crippen LogP contribution in [0.2, 0.25) is 0 Å². The van der Waals surface area contributed by atoms with Crippen molar-refractivity contribution in [1.82, 2.24) is 5.01 Å². The van der Waals surface area contributed by atoms with Crippen LogP contribution in [0.25, 0.3) is 0 Å². The van der Waals surface area contributed by atoms with E-state index >= 15 is 0 Å². The normalized spacial score (nSPS) is 14.7. The molecule has 0 unspecified atom stereocenters. The molecule has 0 spiro atoms. The average Bonchev–Trinajstić information content (AvgIpc) is 2.52. The number of rotatable bonds is 3. The van der Waals surface area contributed by atoms with E-state index in [9.17, 15) is 10.2 Å². The maximum atomic E-state index is 9.83. The van der Waals surface area contributed by atoms with Crippen molar-refractivity contribution in [2.24, 2.45) is 5.10 Å². The van der Waals surface area contributed by atoms with Crippen molar-refractivity contribution in [1.29, 1.82) is 0 Å². The van der Waals surface area contributed by atoms with Gasteiger partial charge in [-0.25, -0.2) is 0 Å². The van der Waals surface area contributed by atoms with Crippen molar-refractivity contribution in [3.63, 3.8) is 0 Å². The molecule has 120 valence electrons. The first-order valence-corrected chi connectivity index (χ1v) is 8.90. The molecule has 0 amide bonds. The van der Waals surface area contributed by atoms with Gasteiger partial charge in [-0.05, 0) is 74.5 Å². The standard InChI is InChI=1S/C17H16Br2N2O2/c18-14-8-12(9-15(19)17(14)23)16-5-2-6-21(20-16)10-11-3-1-4-13(22)7-11/h1,3-4,7-9,22-23H,2,5-6,10H2. The Morgan fingerprint density at radius 1 is 1.09 bits per heavy atom. The summed E-state index contributed by atoms with van der Waals surface area (Å²) >= 11 is 6.73. The summed E-state index contributed by atoms with van der Waals surface area (Å²) in [6.45, 7) is 1.55. The van der Waals surface area contributed by atoms with Gasteiger partial charge in [-0.1, -0.05) is 12.1 Å². The first-order chi connectivity index (χ1) is 11.0. The van der Waals surface area contributed by atoms with Crippen LogP contribution in [0, 0.1) is 0 Å². The third kappa shape index (κ3) is 3.87. The predicted molar refractivity (Wildman–Crippen MR) is 97.8 cm³/mol. The zero-order valence-corrected chi connectivity index (χ0v) is 15.5. The van der Waals surface area contributed by atoms with Gasteiger partial charge in [-0.15, -0.1) is 0 Å². The summed E-state index contributed by atoms with van der Waals surface area (Å²) in [7, 11) is 0. The van der Waals surface area contributed by atoms with E-state index in [1.54, 1.807) is 12.1 Å². The quantitative estimate of drug-likeness (QED) is 0.733. The molecule has 1 aliphatic heterocycles. The Bertz CT molecular complexity index is 739. The molecule has 0 saturated carbocycles. The number of phenolic OH excluding ortho intramolecular Hbond substituents is 2. The van der Waals surface area contributed by atoms with E-state index in [2.05, 4.69) is 31.9 Å². The fraction of sp³-hybridized carbons (Fsp3) is 0.235. The monoisotopic (exact) mass is 438 g/mol. The Morgan fingerprint density at radius 2 is 1.83 bits per heavy atom. The van der Waals surface area contributed by atoms with Crippen LogP contribution >= 0.6 is 31.9 Å². The molecule has 0 aliphatic carbocycles. The van der Waals surface area contributed by atoms with E-state index in [-0.39, 0.29) is 11.5 Å². The van der Waals surface area contributed by atoms with Gasteiger partial charge in [0.25, 0.3) is 0 Å². The van der Waals surface area contributed by atoms with Crippen molar-refractivity contribution in [2.75, 3.05) is 6.54 Å². The summed E-state index contributed by atoms with van der Waals surface area (Å²) in [5.41, 5.74) is 3.02. The molecule has 0 bridgehead atoms. The molecule has 0 saturated heterocycles. The van der Waals surface area contributed by atoms with Gasteiger partial charge in [-0.3, -0.25) is 5.01 Å². The SMILES string of the molecule is Oc1cccc(CN2CCCC(c3cc(Br)c(O)c(Br)c3)=N2)c1. The van der Waals surface area contributed by atoms with Gasteiger partial charge in [0.15, 0.2) is 0 Å². The topological polar surface area (TPSA) is 56.1 Å². The molecule has 0 atom stereocenters. The van der Waals surface area contributed by atoms with E-state index in [1.807, 2.05) is 29.3 Å². The van der Waals surface area contributed by atoms with Crippen LogP contribution in [0.4, 0.5) is 0 Å². The Balaban J connectivity index is 1.84. The lowest BCUT2D eigenvalue weighted by Gasteiger charge is -2.26. The molecule has 0 aromatic heterocycles. The van der Waals surface area contributed by atoms with Crippen LogP contribution in [0.1, 0.15) is 24.0 Å². The van der Waals surface area contributed by atoms with Crippen molar-refractivity contribution in [3.05, 3.63) is 56.5 Å². The molecular weight excluding hydrogens is 424 g/mol. The second-order valence-electron chi connectivity index (χ2n) is 5.50. The molecule has 2 N–H and O–H groups in total. The minimum Gasteiger partial charge on any atom is -0.508 e. The maximum Gasteiger partial charge on any atom is 0.143 e. The second kappa shape index (κ2) is 6.93. The Hall–Kier alpha value is -1.53. The van der Waals surface area contributed by atoms with Gasteiger partial charge in [0.05, 0.1) is 21.2 Å². The van der Waals surface area contributed by atoms with Crippen LogP contribution in [-0.2, 0) is 6.54 Å². The molecule has 3 rings (SSSR count). The predicted octanol–water partition coefficient (Wildman–Crippen LogP) is 4.62. The maximum absolute atomic E-state index is 9.83. The van der Waals surface area contributed by atoms with Crippen LogP contribution in [0.5, 0.6) is 11.5 Å². The molecule has 6 heteroatoms. The number of aromatic hydroxyl groups is 2. The molecule has 2 aromatic carbocycles. The van der Waals surface area contributed by atoms with E-state index in [1.165, 1.54) is 0 Å². The number of nitrogens with zero attached hydrogens (tertiary/aromatic N) is 2. The Kier molecular flexibility index (Phi) is 4.92. The van der Waals surface area contributed by atoms with Gasteiger partial charge < -0.3 is 10.2 Å². The van der Waals surface area contributed by atoms with Crippen molar-refractivity contribution >= 4 is 37.6 Å². The van der Waals surface area contributed by atoms with E-state index in [4.69, 9.17) is 5.10 Å². The molecule has 1 aliphatic rings. The zero-order valence-electron chi connectivity index (χ0n) is 12.3. The number of phenols is 2. The second-order valence-corrected chi connectivity index (χ2v) is 7.21. The van der Waals surface area contributed by atoms with Crippen LogP contribution in [-0.4, -0.2) is 27.5 Å². The summed E-state index contributed by atoms with van der Waals surface area (Å²) in [6.07, 6.45) is 1.92. The minimum absolute atomic E-state index is 0.196. The Morgan fingerprint density at radius 3 is 2.52 bits per heavy atom. The van der Waals surface area contributed by atoms with Crippen molar-refractivity contribution < 1.29 is 10.2 Å². The van der Waals surface area contributed by atoms with Gasteiger partial charge in [0, 0.05) is 12.1 Å². The fourth-order valence-electron chi connectivity index (χ4n) is 2.61. The van der Waals surface area contributed by atoms with Gasteiger partial charge in [-0.2, -0.15) is 5.10 Å². The van der Waals surface area contributed by atoms with Gasteiger partial charge >= 0.3 is 0 Å². The molecule has 1 heterocycles. The molecule has 4 nitrogen and oxygen atoms in total. The summed E-state index contributed by atoms with van der Waals surface area (Å²) in [5, 5.41) is 26.2. The summed E-state index contributed by atoms with van der Waals surface area (Å²) in [4.78, 5) is 0. The Labute approximate surface area is 151 Å². The van der Waals surface area contributed by atoms with Crippen molar-refractivity contribution in [2.45, 2.75) is 19.4 Å². The van der Waals surface area contributed by atoms with E-state index in [0.717, 1.165) is 36.2 Å². The van der Waals surface area contributed by atoms with Gasteiger partial charge in [0.1, 0.15) is 11.5 Å². The van der Waals surface area contributed by atoms with Crippen molar-refractivity contribution in [3.8, 4) is 11.5 Å². The molecule has 23 heavy (non-hydrogen) atoms. The minimum atomic E-state index is 0.196. The first kappa shape index (κ1) is 16.3. The summed E-state index contributed by atoms with van der Waals surface area (Å²) in [5.74, 6) is 0.469. The highest BCUT2D eigenvalue weighted by Crippen LogP contribution is 2.34. The van der Waals surface area contributed by atoms with Crippen LogP contribution < -0.4 is 0 Å². The van der Waals surface area contributed by atoms with Crippen LogP contribution in [0.3, 0.4) is 0 Å². The van der Waals surface area contributed by atoms with Crippen LogP contribution in [0.15, 0.2) is 50.4 Å².